The van der Waals surface area contributed by atoms with Crippen molar-refractivity contribution in [1.82, 2.24) is 9.88 Å². The van der Waals surface area contributed by atoms with Crippen LogP contribution in [0.5, 0.6) is 5.75 Å². The van der Waals surface area contributed by atoms with Gasteiger partial charge in [-0.2, -0.15) is 0 Å². The Kier molecular flexibility index (Phi) is 7.38. The third-order valence-electron chi connectivity index (χ3n) is 4.48. The summed E-state index contributed by atoms with van der Waals surface area (Å²) in [6, 6.07) is 8.00. The van der Waals surface area contributed by atoms with Crippen LogP contribution in [-0.4, -0.2) is 57.9 Å². The minimum absolute atomic E-state index is 0.0710. The van der Waals surface area contributed by atoms with Crippen molar-refractivity contribution in [2.75, 3.05) is 24.2 Å². The fourth-order valence-electron chi connectivity index (χ4n) is 3.12. The highest BCUT2D eigenvalue weighted by Crippen LogP contribution is 2.25. The number of benzene rings is 1. The van der Waals surface area contributed by atoms with Crippen molar-refractivity contribution in [2.24, 2.45) is 0 Å². The van der Waals surface area contributed by atoms with Gasteiger partial charge >= 0.3 is 5.97 Å². The molecule has 29 heavy (non-hydrogen) atoms. The van der Waals surface area contributed by atoms with Crippen LogP contribution in [0.2, 0.25) is 0 Å². The van der Waals surface area contributed by atoms with Crippen LogP contribution in [0.25, 0.3) is 0 Å². The summed E-state index contributed by atoms with van der Waals surface area (Å²) >= 11 is 2.81. The fraction of sp³-hybridized carbons (Fsp3) is 0.450. The predicted molar refractivity (Wildman–Crippen MR) is 115 cm³/mol. The number of carboxylic acids is 1. The SMILES string of the molecule is CC(C)Oc1ccc(NCC2CCC(=O)N2CCSc2nc(C(=O)O)cs2)cc1. The van der Waals surface area contributed by atoms with Crippen molar-refractivity contribution in [2.45, 2.75) is 43.2 Å². The minimum atomic E-state index is -1.02. The van der Waals surface area contributed by atoms with Crippen LogP contribution >= 0.6 is 23.1 Å². The molecule has 0 spiro atoms. The van der Waals surface area contributed by atoms with Gasteiger partial charge in [0.15, 0.2) is 10.0 Å². The van der Waals surface area contributed by atoms with Gasteiger partial charge in [-0.1, -0.05) is 11.8 Å². The van der Waals surface area contributed by atoms with Gasteiger partial charge in [0.25, 0.3) is 0 Å². The summed E-state index contributed by atoms with van der Waals surface area (Å²) in [7, 11) is 0. The van der Waals surface area contributed by atoms with Gasteiger partial charge in [-0.15, -0.1) is 11.3 Å². The highest BCUT2D eigenvalue weighted by molar-refractivity contribution is 8.01. The number of ether oxygens (including phenoxy) is 1. The van der Waals surface area contributed by atoms with Gasteiger partial charge < -0.3 is 20.1 Å². The van der Waals surface area contributed by atoms with Gasteiger partial charge in [-0.05, 0) is 44.5 Å². The van der Waals surface area contributed by atoms with E-state index in [1.807, 2.05) is 43.0 Å². The Hall–Kier alpha value is -2.26. The molecule has 2 N–H and O–H groups in total. The van der Waals surface area contributed by atoms with E-state index in [1.54, 1.807) is 0 Å². The molecule has 1 fully saturated rings. The topological polar surface area (TPSA) is 91.8 Å². The number of rotatable bonds is 10. The van der Waals surface area contributed by atoms with E-state index >= 15 is 0 Å². The lowest BCUT2D eigenvalue weighted by Crippen LogP contribution is -2.39. The first-order chi connectivity index (χ1) is 13.9. The fourth-order valence-corrected chi connectivity index (χ4v) is 4.93. The van der Waals surface area contributed by atoms with Crippen molar-refractivity contribution < 1.29 is 19.4 Å². The molecule has 9 heteroatoms. The summed E-state index contributed by atoms with van der Waals surface area (Å²) in [5.74, 6) is 0.686. The Balaban J connectivity index is 1.47. The number of hydrogen-bond donors (Lipinski definition) is 2. The number of carbonyl (C=O) groups excluding carboxylic acids is 1. The molecule has 1 saturated heterocycles. The zero-order valence-electron chi connectivity index (χ0n) is 16.5. The maximum Gasteiger partial charge on any atom is 0.355 e. The third kappa shape index (κ3) is 6.11. The molecule has 0 radical (unpaired) electrons. The van der Waals surface area contributed by atoms with E-state index in [-0.39, 0.29) is 23.7 Å². The predicted octanol–water partition coefficient (Wildman–Crippen LogP) is 3.82. The zero-order chi connectivity index (χ0) is 20.8. The number of hydrogen-bond acceptors (Lipinski definition) is 7. The number of carbonyl (C=O) groups is 2. The summed E-state index contributed by atoms with van der Waals surface area (Å²) in [6.45, 7) is 5.31. The first-order valence-corrected chi connectivity index (χ1v) is 11.4. The second-order valence-corrected chi connectivity index (χ2v) is 9.20. The van der Waals surface area contributed by atoms with Crippen molar-refractivity contribution in [1.29, 1.82) is 0 Å². The third-order valence-corrected chi connectivity index (χ3v) is 6.48. The van der Waals surface area contributed by atoms with E-state index < -0.39 is 5.97 Å². The quantitative estimate of drug-likeness (QED) is 0.548. The summed E-state index contributed by atoms with van der Waals surface area (Å²) < 4.78 is 6.37. The Morgan fingerprint density at radius 3 is 2.83 bits per heavy atom. The molecule has 0 saturated carbocycles. The monoisotopic (exact) mass is 435 g/mol. The van der Waals surface area contributed by atoms with E-state index in [0.717, 1.165) is 17.9 Å². The molecular weight excluding hydrogens is 410 g/mol. The van der Waals surface area contributed by atoms with Gasteiger partial charge in [0.2, 0.25) is 5.91 Å². The van der Waals surface area contributed by atoms with Crippen LogP contribution in [0.1, 0.15) is 37.2 Å². The lowest BCUT2D eigenvalue weighted by molar-refractivity contribution is -0.128. The van der Waals surface area contributed by atoms with Gasteiger partial charge in [-0.3, -0.25) is 4.79 Å². The minimum Gasteiger partial charge on any atom is -0.491 e. The average molecular weight is 436 g/mol. The Labute approximate surface area is 178 Å². The second kappa shape index (κ2) is 9.98. The molecule has 2 aromatic rings. The summed E-state index contributed by atoms with van der Waals surface area (Å²) in [5, 5.41) is 13.9. The van der Waals surface area contributed by atoms with Crippen molar-refractivity contribution in [3.63, 3.8) is 0 Å². The van der Waals surface area contributed by atoms with Gasteiger partial charge in [0, 0.05) is 42.4 Å². The van der Waals surface area contributed by atoms with Crippen LogP contribution in [0.15, 0.2) is 34.0 Å². The van der Waals surface area contributed by atoms with Crippen molar-refractivity contribution in [3.05, 3.63) is 35.3 Å². The number of anilines is 1. The van der Waals surface area contributed by atoms with E-state index in [9.17, 15) is 9.59 Å². The second-order valence-electron chi connectivity index (χ2n) is 7.00. The number of carboxylic acid groups (broad SMARTS) is 1. The Morgan fingerprint density at radius 2 is 2.17 bits per heavy atom. The lowest BCUT2D eigenvalue weighted by Gasteiger charge is -2.25. The number of thiazole rings is 1. The first kappa shape index (κ1) is 21.4. The molecule has 7 nitrogen and oxygen atoms in total. The van der Waals surface area contributed by atoms with E-state index in [2.05, 4.69) is 10.3 Å². The molecular formula is C20H25N3O4S2. The van der Waals surface area contributed by atoms with Crippen molar-refractivity contribution in [3.8, 4) is 5.75 Å². The van der Waals surface area contributed by atoms with Gasteiger partial charge in [0.1, 0.15) is 5.75 Å². The smallest absolute Gasteiger partial charge is 0.355 e. The summed E-state index contributed by atoms with van der Waals surface area (Å²) in [5.41, 5.74) is 1.07. The molecule has 1 aliphatic rings. The molecule has 1 unspecified atom stereocenters. The first-order valence-electron chi connectivity index (χ1n) is 9.54. The Morgan fingerprint density at radius 1 is 1.41 bits per heavy atom. The molecule has 3 rings (SSSR count). The van der Waals surface area contributed by atoms with Crippen LogP contribution in [0, 0.1) is 0 Å². The van der Waals surface area contributed by atoms with E-state index in [0.29, 0.717) is 29.6 Å². The molecule has 0 aliphatic carbocycles. The zero-order valence-corrected chi connectivity index (χ0v) is 18.1. The Bertz CT molecular complexity index is 839. The number of aromatic nitrogens is 1. The molecule has 1 aliphatic heterocycles. The number of likely N-dealkylation sites (tertiary alicyclic amines) is 1. The number of nitrogens with zero attached hydrogens (tertiary/aromatic N) is 2. The molecule has 156 valence electrons. The number of amides is 1. The van der Waals surface area contributed by atoms with Crippen LogP contribution in [-0.2, 0) is 4.79 Å². The summed E-state index contributed by atoms with van der Waals surface area (Å²) in [4.78, 5) is 29.2. The van der Waals surface area contributed by atoms with Gasteiger partial charge in [-0.25, -0.2) is 9.78 Å². The molecule has 0 bridgehead atoms. The van der Waals surface area contributed by atoms with Crippen molar-refractivity contribution >= 4 is 40.7 Å². The summed E-state index contributed by atoms with van der Waals surface area (Å²) in [6.07, 6.45) is 1.55. The normalized spacial score (nSPS) is 16.4. The standard InChI is InChI=1S/C20H25N3O4S2/c1-13(2)27-16-6-3-14(4-7-16)21-11-15-5-8-18(24)23(15)9-10-28-20-22-17(12-29-20)19(25)26/h3-4,6-7,12-13,15,21H,5,8-11H2,1-2H3,(H,25,26). The van der Waals surface area contributed by atoms with Crippen LogP contribution < -0.4 is 10.1 Å². The average Bonchev–Trinajstić information content (AvgIpc) is 3.29. The molecule has 1 aromatic carbocycles. The maximum absolute atomic E-state index is 12.3. The number of aromatic carboxylic acids is 1. The number of thioether (sulfide) groups is 1. The maximum atomic E-state index is 12.3. The molecule has 1 aromatic heterocycles. The largest absolute Gasteiger partial charge is 0.491 e. The van der Waals surface area contributed by atoms with Gasteiger partial charge in [0.05, 0.1) is 6.10 Å². The highest BCUT2D eigenvalue weighted by Gasteiger charge is 2.30. The van der Waals surface area contributed by atoms with Crippen LogP contribution in [0.4, 0.5) is 5.69 Å². The highest BCUT2D eigenvalue weighted by atomic mass is 32.2. The van der Waals surface area contributed by atoms with E-state index in [4.69, 9.17) is 9.84 Å². The number of nitrogens with one attached hydrogen (secondary N) is 1. The van der Waals surface area contributed by atoms with Crippen LogP contribution in [0.3, 0.4) is 0 Å². The van der Waals surface area contributed by atoms with E-state index in [1.165, 1.54) is 28.5 Å². The molecule has 1 amide bonds. The molecule has 1 atom stereocenters. The molecule has 2 heterocycles. The lowest BCUT2D eigenvalue weighted by atomic mass is 10.2.